The van der Waals surface area contributed by atoms with Gasteiger partial charge in [-0.3, -0.25) is 9.59 Å². The van der Waals surface area contributed by atoms with E-state index in [1.165, 1.54) is 19.3 Å². The van der Waals surface area contributed by atoms with Gasteiger partial charge in [-0.2, -0.15) is 0 Å². The first-order valence-electron chi connectivity index (χ1n) is 24.7. The van der Waals surface area contributed by atoms with Gasteiger partial charge in [0.2, 0.25) is 0 Å². The molecule has 0 aliphatic rings. The summed E-state index contributed by atoms with van der Waals surface area (Å²) >= 11 is 0. The van der Waals surface area contributed by atoms with Gasteiger partial charge in [0.15, 0.2) is 6.10 Å². The van der Waals surface area contributed by atoms with Crippen LogP contribution in [-0.2, 0) is 23.8 Å². The first kappa shape index (κ1) is 58.0. The Morgan fingerprint density at radius 1 is 0.355 bits per heavy atom. The summed E-state index contributed by atoms with van der Waals surface area (Å²) < 4.78 is 17.2. The number of hydrogen-bond acceptors (Lipinski definition) is 5. The van der Waals surface area contributed by atoms with Crippen LogP contribution in [0.3, 0.4) is 0 Å². The fourth-order valence-electron chi connectivity index (χ4n) is 6.13. The quantitative estimate of drug-likeness (QED) is 0.0347. The van der Waals surface area contributed by atoms with Gasteiger partial charge in [-0.25, -0.2) is 0 Å². The van der Waals surface area contributed by atoms with E-state index in [4.69, 9.17) is 14.2 Å². The molecule has 0 bridgehead atoms. The molecule has 0 aliphatic heterocycles. The van der Waals surface area contributed by atoms with Crippen molar-refractivity contribution in [2.45, 2.75) is 194 Å². The molecule has 0 rings (SSSR count). The number of allylic oxidation sites excluding steroid dienone is 21. The molecule has 0 spiro atoms. The van der Waals surface area contributed by atoms with E-state index < -0.39 is 6.10 Å². The Hall–Kier alpha value is -3.96. The highest BCUT2D eigenvalue weighted by molar-refractivity contribution is 5.70. The lowest BCUT2D eigenvalue weighted by atomic mass is 10.1. The minimum absolute atomic E-state index is 0.0302. The summed E-state index contributed by atoms with van der Waals surface area (Å²) in [6, 6.07) is 0. The lowest BCUT2D eigenvalue weighted by molar-refractivity contribution is -0.162. The molecule has 5 heteroatoms. The maximum atomic E-state index is 12.8. The van der Waals surface area contributed by atoms with Gasteiger partial charge in [0, 0.05) is 12.8 Å². The third-order valence-corrected chi connectivity index (χ3v) is 9.68. The average Bonchev–Trinajstić information content (AvgIpc) is 3.27. The van der Waals surface area contributed by atoms with Crippen molar-refractivity contribution in [3.8, 4) is 0 Å². The fourth-order valence-corrected chi connectivity index (χ4v) is 6.13. The fraction of sp³-hybridized carbons (Fsp3) is 0.579. The van der Waals surface area contributed by atoms with Crippen LogP contribution in [0.4, 0.5) is 0 Å². The van der Waals surface area contributed by atoms with Crippen LogP contribution in [0.5, 0.6) is 0 Å². The third kappa shape index (κ3) is 48.7. The first-order valence-corrected chi connectivity index (χ1v) is 24.7. The monoisotopic (exact) mass is 855 g/mol. The van der Waals surface area contributed by atoms with E-state index in [2.05, 4.69) is 154 Å². The van der Waals surface area contributed by atoms with Crippen LogP contribution >= 0.6 is 0 Å². The normalized spacial score (nSPS) is 13.4. The highest BCUT2D eigenvalue weighted by Crippen LogP contribution is 2.12. The largest absolute Gasteiger partial charge is 0.462 e. The summed E-state index contributed by atoms with van der Waals surface area (Å²) in [5.41, 5.74) is 0. The van der Waals surface area contributed by atoms with E-state index in [-0.39, 0.29) is 25.2 Å². The summed E-state index contributed by atoms with van der Waals surface area (Å²) in [5.74, 6) is -0.489. The van der Waals surface area contributed by atoms with Gasteiger partial charge in [0.25, 0.3) is 0 Å². The molecule has 5 nitrogen and oxygen atoms in total. The van der Waals surface area contributed by atoms with E-state index in [0.717, 1.165) is 135 Å². The first-order chi connectivity index (χ1) is 30.6. The smallest absolute Gasteiger partial charge is 0.306 e. The molecule has 62 heavy (non-hydrogen) atoms. The maximum absolute atomic E-state index is 12.8. The second kappa shape index (κ2) is 51.4. The van der Waals surface area contributed by atoms with Crippen molar-refractivity contribution in [1.29, 1.82) is 0 Å². The van der Waals surface area contributed by atoms with Crippen molar-refractivity contribution in [2.75, 3.05) is 19.8 Å². The Bertz CT molecular complexity index is 1330. The van der Waals surface area contributed by atoms with Gasteiger partial charge >= 0.3 is 11.9 Å². The van der Waals surface area contributed by atoms with E-state index >= 15 is 0 Å². The zero-order valence-corrected chi connectivity index (χ0v) is 39.8. The molecule has 0 N–H and O–H groups in total. The summed E-state index contributed by atoms with van der Waals surface area (Å²) in [7, 11) is 0. The van der Waals surface area contributed by atoms with Crippen LogP contribution in [0.15, 0.2) is 134 Å². The highest BCUT2D eigenvalue weighted by Gasteiger charge is 2.17. The molecular weight excluding hydrogens is 765 g/mol. The number of esters is 2. The van der Waals surface area contributed by atoms with Crippen LogP contribution in [0, 0.1) is 0 Å². The zero-order valence-electron chi connectivity index (χ0n) is 39.8. The van der Waals surface area contributed by atoms with Crippen LogP contribution in [0.25, 0.3) is 0 Å². The highest BCUT2D eigenvalue weighted by atomic mass is 16.6. The van der Waals surface area contributed by atoms with Gasteiger partial charge in [-0.1, -0.05) is 193 Å². The molecule has 1 atom stereocenters. The predicted octanol–water partition coefficient (Wildman–Crippen LogP) is 16.8. The summed E-state index contributed by atoms with van der Waals surface area (Å²) in [5, 5.41) is 0. The van der Waals surface area contributed by atoms with Gasteiger partial charge in [0.1, 0.15) is 6.61 Å². The molecule has 0 aromatic heterocycles. The van der Waals surface area contributed by atoms with Crippen molar-refractivity contribution in [3.63, 3.8) is 0 Å². The molecule has 0 saturated heterocycles. The second-order valence-electron chi connectivity index (χ2n) is 15.6. The molecule has 0 aliphatic carbocycles. The van der Waals surface area contributed by atoms with Gasteiger partial charge in [0.05, 0.1) is 13.2 Å². The van der Waals surface area contributed by atoms with Crippen LogP contribution in [-0.4, -0.2) is 37.9 Å². The number of hydrogen-bond donors (Lipinski definition) is 0. The topological polar surface area (TPSA) is 61.8 Å². The molecule has 1 unspecified atom stereocenters. The Morgan fingerprint density at radius 2 is 0.677 bits per heavy atom. The molecular formula is C57H90O5. The Morgan fingerprint density at radius 3 is 1.08 bits per heavy atom. The average molecular weight is 855 g/mol. The Labute approximate surface area is 381 Å². The van der Waals surface area contributed by atoms with Crippen LogP contribution in [0.2, 0.25) is 0 Å². The number of carbonyl (C=O) groups is 2. The van der Waals surface area contributed by atoms with Crippen LogP contribution < -0.4 is 0 Å². The molecule has 0 aromatic rings. The van der Waals surface area contributed by atoms with E-state index in [9.17, 15) is 9.59 Å². The number of carbonyl (C=O) groups excluding carboxylic acids is 2. The molecule has 0 heterocycles. The summed E-state index contributed by atoms with van der Waals surface area (Å²) in [4.78, 5) is 25.4. The lowest BCUT2D eigenvalue weighted by Gasteiger charge is -2.18. The minimum atomic E-state index is -0.601. The Balaban J connectivity index is 4.48. The molecule has 348 valence electrons. The van der Waals surface area contributed by atoms with Crippen LogP contribution in [0.1, 0.15) is 188 Å². The summed E-state index contributed by atoms with van der Waals surface area (Å²) in [6.45, 7) is 7.22. The third-order valence-electron chi connectivity index (χ3n) is 9.68. The lowest BCUT2D eigenvalue weighted by Crippen LogP contribution is -2.30. The number of rotatable bonds is 43. The molecule has 0 fully saturated rings. The van der Waals surface area contributed by atoms with Gasteiger partial charge in [-0.05, 0) is 116 Å². The van der Waals surface area contributed by atoms with Gasteiger partial charge < -0.3 is 14.2 Å². The van der Waals surface area contributed by atoms with Crippen molar-refractivity contribution in [3.05, 3.63) is 134 Å². The summed E-state index contributed by atoms with van der Waals surface area (Å²) in [6.07, 6.45) is 73.3. The SMILES string of the molecule is CC/C=C\C/C=C\C/C=C\C/C=C\C/C=C\CCOCC(COC(=O)CCCCCCC/C=C\C/C=C\C/C=C\CC)OC(=O)CCCCCCC/C=C\C/C=C\C/C=C\CC. The van der Waals surface area contributed by atoms with E-state index in [1.807, 2.05) is 0 Å². The predicted molar refractivity (Wildman–Crippen MR) is 269 cm³/mol. The van der Waals surface area contributed by atoms with Crippen molar-refractivity contribution < 1.29 is 23.8 Å². The van der Waals surface area contributed by atoms with Gasteiger partial charge in [-0.15, -0.1) is 0 Å². The second-order valence-corrected chi connectivity index (χ2v) is 15.6. The number of unbranched alkanes of at least 4 members (excludes halogenated alkanes) is 10. The standard InChI is InChI=1S/C57H90O5/c1-4-7-10-13-16-19-22-25-28-31-34-37-40-43-46-49-52-60-53-55(62-57(59)51-48-45-42-39-36-33-30-27-24-21-18-15-12-9-6-3)54-61-56(58)50-47-44-41-38-35-32-29-26-23-20-17-14-11-8-5-2/h7-12,16-21,25-30,34,37,43,46,55H,4-6,13-15,22-24,31-33,35-36,38-42,44-45,47-54H2,1-3H3/b10-7-,11-8-,12-9-,19-16-,20-17-,21-18-,28-25-,29-26-,30-27-,37-34-,46-43-. The molecule has 0 saturated carbocycles. The maximum Gasteiger partial charge on any atom is 0.306 e. The van der Waals surface area contributed by atoms with E-state index in [1.54, 1.807) is 0 Å². The van der Waals surface area contributed by atoms with Crippen molar-refractivity contribution in [1.82, 2.24) is 0 Å². The molecule has 0 aromatic carbocycles. The Kier molecular flexibility index (Phi) is 48.1. The zero-order chi connectivity index (χ0) is 44.9. The van der Waals surface area contributed by atoms with Crippen molar-refractivity contribution in [2.24, 2.45) is 0 Å². The minimum Gasteiger partial charge on any atom is -0.462 e. The molecule has 0 amide bonds. The number of ether oxygens (including phenoxy) is 3. The van der Waals surface area contributed by atoms with Crippen molar-refractivity contribution >= 4 is 11.9 Å². The van der Waals surface area contributed by atoms with E-state index in [0.29, 0.717) is 19.4 Å². The molecule has 0 radical (unpaired) electrons.